The Bertz CT molecular complexity index is 284. The number of benzene rings is 1. The molecule has 0 saturated carbocycles. The first-order valence-electron chi connectivity index (χ1n) is 5.76. The fourth-order valence-electron chi connectivity index (χ4n) is 1.46. The monoisotopic (exact) mass is 223 g/mol. The van der Waals surface area contributed by atoms with Crippen molar-refractivity contribution < 1.29 is 9.57 Å². The molecule has 0 spiro atoms. The number of hydrogen-bond acceptors (Lipinski definition) is 3. The van der Waals surface area contributed by atoms with E-state index in [1.165, 1.54) is 5.56 Å². The predicted octanol–water partition coefficient (Wildman–Crippen LogP) is 2.56. The SMILES string of the molecule is CCONC(C)CCc1ccc(OC)cc1. The van der Waals surface area contributed by atoms with Crippen molar-refractivity contribution in [1.82, 2.24) is 5.48 Å². The first kappa shape index (κ1) is 13.0. The average Bonchev–Trinajstić information content (AvgIpc) is 2.34. The van der Waals surface area contributed by atoms with Gasteiger partial charge < -0.3 is 9.57 Å². The highest BCUT2D eigenvalue weighted by Gasteiger charge is 2.02. The number of hydroxylamine groups is 1. The van der Waals surface area contributed by atoms with E-state index in [0.717, 1.165) is 18.6 Å². The molecular formula is C13H21NO2. The van der Waals surface area contributed by atoms with Gasteiger partial charge in [-0.15, -0.1) is 0 Å². The van der Waals surface area contributed by atoms with Crippen LogP contribution >= 0.6 is 0 Å². The fraction of sp³-hybridized carbons (Fsp3) is 0.538. The van der Waals surface area contributed by atoms with Crippen molar-refractivity contribution in [2.75, 3.05) is 13.7 Å². The summed E-state index contributed by atoms with van der Waals surface area (Å²) < 4.78 is 5.12. The van der Waals surface area contributed by atoms with Crippen LogP contribution in [-0.2, 0) is 11.3 Å². The average molecular weight is 223 g/mol. The number of rotatable bonds is 7. The third-order valence-electron chi connectivity index (χ3n) is 2.45. The minimum absolute atomic E-state index is 0.377. The molecule has 3 heteroatoms. The molecule has 1 rings (SSSR count). The summed E-state index contributed by atoms with van der Waals surface area (Å²) in [6.45, 7) is 4.80. The van der Waals surface area contributed by atoms with E-state index < -0.39 is 0 Å². The van der Waals surface area contributed by atoms with Crippen LogP contribution in [0.3, 0.4) is 0 Å². The molecule has 1 atom stereocenters. The maximum atomic E-state index is 5.15. The number of methoxy groups -OCH3 is 1. The highest BCUT2D eigenvalue weighted by atomic mass is 16.6. The molecule has 1 unspecified atom stereocenters. The third-order valence-corrected chi connectivity index (χ3v) is 2.45. The maximum absolute atomic E-state index is 5.15. The molecule has 3 nitrogen and oxygen atoms in total. The largest absolute Gasteiger partial charge is 0.497 e. The molecule has 0 fully saturated rings. The minimum atomic E-state index is 0.377. The fourth-order valence-corrected chi connectivity index (χ4v) is 1.46. The summed E-state index contributed by atoms with van der Waals surface area (Å²) in [5.41, 5.74) is 4.33. The molecule has 90 valence electrons. The summed E-state index contributed by atoms with van der Waals surface area (Å²) in [6, 6.07) is 8.58. The van der Waals surface area contributed by atoms with Gasteiger partial charge in [0.05, 0.1) is 13.7 Å². The Kier molecular flexibility index (Phi) is 5.90. The number of ether oxygens (including phenoxy) is 1. The van der Waals surface area contributed by atoms with Crippen LogP contribution in [0.2, 0.25) is 0 Å². The molecule has 0 aliphatic carbocycles. The zero-order valence-corrected chi connectivity index (χ0v) is 10.3. The van der Waals surface area contributed by atoms with Gasteiger partial charge in [-0.2, -0.15) is 5.48 Å². The molecule has 0 aliphatic heterocycles. The van der Waals surface area contributed by atoms with Crippen LogP contribution in [-0.4, -0.2) is 19.8 Å². The van der Waals surface area contributed by atoms with Crippen molar-refractivity contribution in [2.24, 2.45) is 0 Å². The second-order valence-corrected chi connectivity index (χ2v) is 3.84. The van der Waals surface area contributed by atoms with Crippen LogP contribution in [0.15, 0.2) is 24.3 Å². The smallest absolute Gasteiger partial charge is 0.118 e. The van der Waals surface area contributed by atoms with E-state index in [9.17, 15) is 0 Å². The van der Waals surface area contributed by atoms with Crippen molar-refractivity contribution >= 4 is 0 Å². The van der Waals surface area contributed by atoms with Gasteiger partial charge in [0.15, 0.2) is 0 Å². The molecule has 0 saturated heterocycles. The molecule has 0 bridgehead atoms. The first-order valence-corrected chi connectivity index (χ1v) is 5.76. The normalized spacial score (nSPS) is 12.4. The molecular weight excluding hydrogens is 202 g/mol. The van der Waals surface area contributed by atoms with Gasteiger partial charge in [0.1, 0.15) is 5.75 Å². The molecule has 0 radical (unpaired) electrons. The summed E-state index contributed by atoms with van der Waals surface area (Å²) in [5.74, 6) is 0.907. The van der Waals surface area contributed by atoms with E-state index in [1.54, 1.807) is 7.11 Å². The minimum Gasteiger partial charge on any atom is -0.497 e. The highest BCUT2D eigenvalue weighted by Crippen LogP contribution is 2.13. The second kappa shape index (κ2) is 7.25. The summed E-state index contributed by atoms with van der Waals surface area (Å²) >= 11 is 0. The number of nitrogens with one attached hydrogen (secondary N) is 1. The van der Waals surface area contributed by atoms with Crippen LogP contribution in [0.4, 0.5) is 0 Å². The van der Waals surface area contributed by atoms with Gasteiger partial charge in [0.25, 0.3) is 0 Å². The van der Waals surface area contributed by atoms with Gasteiger partial charge in [-0.25, -0.2) is 0 Å². The molecule has 0 amide bonds. The van der Waals surface area contributed by atoms with Crippen LogP contribution in [0, 0.1) is 0 Å². The highest BCUT2D eigenvalue weighted by molar-refractivity contribution is 5.27. The van der Waals surface area contributed by atoms with Crippen LogP contribution in [0.25, 0.3) is 0 Å². The Morgan fingerprint density at radius 2 is 1.94 bits per heavy atom. The van der Waals surface area contributed by atoms with E-state index in [2.05, 4.69) is 24.5 Å². The van der Waals surface area contributed by atoms with E-state index >= 15 is 0 Å². The quantitative estimate of drug-likeness (QED) is 0.721. The van der Waals surface area contributed by atoms with E-state index in [-0.39, 0.29) is 0 Å². The van der Waals surface area contributed by atoms with Crippen LogP contribution < -0.4 is 10.2 Å². The zero-order chi connectivity index (χ0) is 11.8. The maximum Gasteiger partial charge on any atom is 0.118 e. The molecule has 1 N–H and O–H groups in total. The lowest BCUT2D eigenvalue weighted by Gasteiger charge is -2.12. The molecule has 1 aromatic rings. The lowest BCUT2D eigenvalue weighted by Crippen LogP contribution is -2.26. The molecule has 0 heterocycles. The Morgan fingerprint density at radius 3 is 2.50 bits per heavy atom. The standard InChI is InChI=1S/C13H21NO2/c1-4-16-14-11(2)5-6-12-7-9-13(15-3)10-8-12/h7-11,14H,4-6H2,1-3H3. The van der Waals surface area contributed by atoms with Gasteiger partial charge in [0.2, 0.25) is 0 Å². The van der Waals surface area contributed by atoms with Gasteiger partial charge in [-0.3, -0.25) is 0 Å². The van der Waals surface area contributed by atoms with Gasteiger partial charge in [-0.05, 0) is 44.4 Å². The van der Waals surface area contributed by atoms with Crippen molar-refractivity contribution in [3.05, 3.63) is 29.8 Å². The number of hydrogen-bond donors (Lipinski definition) is 1. The van der Waals surface area contributed by atoms with Crippen molar-refractivity contribution in [1.29, 1.82) is 0 Å². The van der Waals surface area contributed by atoms with Crippen molar-refractivity contribution in [3.8, 4) is 5.75 Å². The lowest BCUT2D eigenvalue weighted by molar-refractivity contribution is 0.0270. The molecule has 1 aromatic carbocycles. The van der Waals surface area contributed by atoms with Crippen molar-refractivity contribution in [2.45, 2.75) is 32.7 Å². The summed E-state index contributed by atoms with van der Waals surface area (Å²) in [7, 11) is 1.68. The predicted molar refractivity (Wildman–Crippen MR) is 65.5 cm³/mol. The Balaban J connectivity index is 2.30. The second-order valence-electron chi connectivity index (χ2n) is 3.84. The zero-order valence-electron chi connectivity index (χ0n) is 10.3. The van der Waals surface area contributed by atoms with Crippen molar-refractivity contribution in [3.63, 3.8) is 0 Å². The van der Waals surface area contributed by atoms with Gasteiger partial charge in [-0.1, -0.05) is 12.1 Å². The van der Waals surface area contributed by atoms with Crippen LogP contribution in [0.1, 0.15) is 25.8 Å². The Morgan fingerprint density at radius 1 is 1.25 bits per heavy atom. The molecule has 0 aromatic heterocycles. The molecule has 0 aliphatic rings. The van der Waals surface area contributed by atoms with Gasteiger partial charge >= 0.3 is 0 Å². The van der Waals surface area contributed by atoms with E-state index in [4.69, 9.17) is 9.57 Å². The number of aryl methyl sites for hydroxylation is 1. The first-order chi connectivity index (χ1) is 7.76. The Labute approximate surface area is 97.7 Å². The summed E-state index contributed by atoms with van der Waals surface area (Å²) in [4.78, 5) is 5.15. The van der Waals surface area contributed by atoms with Crippen LogP contribution in [0.5, 0.6) is 5.75 Å². The lowest BCUT2D eigenvalue weighted by atomic mass is 10.1. The Hall–Kier alpha value is -1.06. The summed E-state index contributed by atoms with van der Waals surface area (Å²) in [5, 5.41) is 0. The molecule has 16 heavy (non-hydrogen) atoms. The topological polar surface area (TPSA) is 30.5 Å². The van der Waals surface area contributed by atoms with E-state index in [1.807, 2.05) is 19.1 Å². The third kappa shape index (κ3) is 4.64. The summed E-state index contributed by atoms with van der Waals surface area (Å²) in [6.07, 6.45) is 2.11. The van der Waals surface area contributed by atoms with E-state index in [0.29, 0.717) is 12.6 Å². The van der Waals surface area contributed by atoms with Gasteiger partial charge in [0, 0.05) is 6.04 Å².